The Balaban J connectivity index is 2.05. The number of ether oxygens (including phenoxy) is 1. The maximum absolute atomic E-state index is 11.5. The Labute approximate surface area is 109 Å². The molecule has 1 amide bonds. The van der Waals surface area contributed by atoms with Crippen molar-refractivity contribution in [1.29, 1.82) is 0 Å². The Morgan fingerprint density at radius 1 is 1.33 bits per heavy atom. The fourth-order valence-corrected chi connectivity index (χ4v) is 1.41. The lowest BCUT2D eigenvalue weighted by atomic mass is 10.3. The summed E-state index contributed by atoms with van der Waals surface area (Å²) < 4.78 is 5.48. The topological polar surface area (TPSA) is 41.6 Å². The number of para-hydroxylation sites is 1. The van der Waals surface area contributed by atoms with Crippen molar-refractivity contribution in [1.82, 2.24) is 10.2 Å². The second-order valence-electron chi connectivity index (χ2n) is 4.16. The molecule has 0 aromatic heterocycles. The minimum absolute atomic E-state index is 0.0759. The minimum atomic E-state index is 0.0759. The fourth-order valence-electron chi connectivity index (χ4n) is 1.41. The molecule has 0 saturated heterocycles. The standard InChI is InChI=1S/C14H22N2O2/c1-3-16(2)11-9-14(17)15-10-12-18-13-7-5-4-6-8-13/h4-8H,3,9-12H2,1-2H3,(H,15,17). The van der Waals surface area contributed by atoms with Gasteiger partial charge in [-0.25, -0.2) is 0 Å². The van der Waals surface area contributed by atoms with Gasteiger partial charge in [0.1, 0.15) is 12.4 Å². The van der Waals surface area contributed by atoms with Gasteiger partial charge >= 0.3 is 0 Å². The van der Waals surface area contributed by atoms with Crippen LogP contribution in [0.3, 0.4) is 0 Å². The fraction of sp³-hybridized carbons (Fsp3) is 0.500. The van der Waals surface area contributed by atoms with Crippen molar-refractivity contribution < 1.29 is 9.53 Å². The normalized spacial score (nSPS) is 10.4. The summed E-state index contributed by atoms with van der Waals surface area (Å²) in [6.07, 6.45) is 0.537. The molecule has 1 rings (SSSR count). The van der Waals surface area contributed by atoms with Crippen LogP contribution in [0.25, 0.3) is 0 Å². The van der Waals surface area contributed by atoms with Crippen LogP contribution in [0.1, 0.15) is 13.3 Å². The molecule has 0 radical (unpaired) electrons. The summed E-state index contributed by atoms with van der Waals surface area (Å²) in [7, 11) is 2.01. The van der Waals surface area contributed by atoms with Gasteiger partial charge in [0, 0.05) is 13.0 Å². The van der Waals surface area contributed by atoms with Crippen LogP contribution in [0.2, 0.25) is 0 Å². The molecule has 0 spiro atoms. The average Bonchev–Trinajstić information content (AvgIpc) is 2.42. The van der Waals surface area contributed by atoms with Gasteiger partial charge in [-0.2, -0.15) is 0 Å². The molecule has 0 unspecified atom stereocenters. The summed E-state index contributed by atoms with van der Waals surface area (Å²) in [5.41, 5.74) is 0. The van der Waals surface area contributed by atoms with Crippen molar-refractivity contribution in [2.24, 2.45) is 0 Å². The first-order valence-corrected chi connectivity index (χ1v) is 6.35. The molecule has 18 heavy (non-hydrogen) atoms. The van der Waals surface area contributed by atoms with Crippen molar-refractivity contribution in [3.8, 4) is 5.75 Å². The Morgan fingerprint density at radius 2 is 2.06 bits per heavy atom. The summed E-state index contributed by atoms with van der Waals surface area (Å²) in [6.45, 7) is 4.88. The summed E-state index contributed by atoms with van der Waals surface area (Å²) in [5, 5.41) is 2.84. The monoisotopic (exact) mass is 250 g/mol. The molecular formula is C14H22N2O2. The third-order valence-corrected chi connectivity index (χ3v) is 2.70. The van der Waals surface area contributed by atoms with Crippen LogP contribution in [0.4, 0.5) is 0 Å². The lowest BCUT2D eigenvalue weighted by Crippen LogP contribution is -2.31. The number of carbonyl (C=O) groups excluding carboxylic acids is 1. The van der Waals surface area contributed by atoms with Crippen LogP contribution in [-0.4, -0.2) is 44.1 Å². The van der Waals surface area contributed by atoms with Crippen molar-refractivity contribution >= 4 is 5.91 Å². The second kappa shape index (κ2) is 8.53. The second-order valence-corrected chi connectivity index (χ2v) is 4.16. The quantitative estimate of drug-likeness (QED) is 0.711. The number of rotatable bonds is 8. The van der Waals surface area contributed by atoms with E-state index in [9.17, 15) is 4.79 Å². The third-order valence-electron chi connectivity index (χ3n) is 2.70. The molecule has 0 aliphatic rings. The van der Waals surface area contributed by atoms with Crippen molar-refractivity contribution in [2.75, 3.05) is 33.3 Å². The van der Waals surface area contributed by atoms with E-state index < -0.39 is 0 Å². The van der Waals surface area contributed by atoms with E-state index >= 15 is 0 Å². The summed E-state index contributed by atoms with van der Waals surface area (Å²) in [6, 6.07) is 9.60. The minimum Gasteiger partial charge on any atom is -0.492 e. The SMILES string of the molecule is CCN(C)CCC(=O)NCCOc1ccccc1. The largest absolute Gasteiger partial charge is 0.492 e. The van der Waals surface area contributed by atoms with Gasteiger partial charge in [0.15, 0.2) is 0 Å². The van der Waals surface area contributed by atoms with E-state index in [2.05, 4.69) is 17.1 Å². The van der Waals surface area contributed by atoms with Crippen LogP contribution in [-0.2, 0) is 4.79 Å². The smallest absolute Gasteiger partial charge is 0.221 e. The third kappa shape index (κ3) is 6.25. The van der Waals surface area contributed by atoms with Gasteiger partial charge in [-0.3, -0.25) is 4.79 Å². The summed E-state index contributed by atoms with van der Waals surface area (Å²) in [5.74, 6) is 0.907. The van der Waals surface area contributed by atoms with Crippen molar-refractivity contribution in [3.63, 3.8) is 0 Å². The summed E-state index contributed by atoms with van der Waals surface area (Å²) >= 11 is 0. The highest BCUT2D eigenvalue weighted by Crippen LogP contribution is 2.07. The number of amides is 1. The summed E-state index contributed by atoms with van der Waals surface area (Å²) in [4.78, 5) is 13.6. The van der Waals surface area contributed by atoms with E-state index in [4.69, 9.17) is 4.74 Å². The zero-order valence-electron chi connectivity index (χ0n) is 11.2. The maximum Gasteiger partial charge on any atom is 0.221 e. The molecule has 1 aromatic carbocycles. The molecule has 0 aliphatic heterocycles. The van der Waals surface area contributed by atoms with E-state index in [1.807, 2.05) is 37.4 Å². The maximum atomic E-state index is 11.5. The number of hydrogen-bond donors (Lipinski definition) is 1. The van der Waals surface area contributed by atoms with Crippen molar-refractivity contribution in [3.05, 3.63) is 30.3 Å². The lowest BCUT2D eigenvalue weighted by Gasteiger charge is -2.13. The van der Waals surface area contributed by atoms with Gasteiger partial charge in [0.25, 0.3) is 0 Å². The molecular weight excluding hydrogens is 228 g/mol. The zero-order chi connectivity index (χ0) is 13.2. The first-order chi connectivity index (χ1) is 8.72. The van der Waals surface area contributed by atoms with Gasteiger partial charge < -0.3 is 15.0 Å². The van der Waals surface area contributed by atoms with Crippen molar-refractivity contribution in [2.45, 2.75) is 13.3 Å². The molecule has 0 atom stereocenters. The van der Waals surface area contributed by atoms with Crippen LogP contribution >= 0.6 is 0 Å². The molecule has 1 aromatic rings. The highest BCUT2D eigenvalue weighted by molar-refractivity contribution is 5.76. The number of hydrogen-bond acceptors (Lipinski definition) is 3. The molecule has 0 heterocycles. The van der Waals surface area contributed by atoms with Crippen LogP contribution < -0.4 is 10.1 Å². The highest BCUT2D eigenvalue weighted by Gasteiger charge is 2.02. The predicted octanol–water partition coefficient (Wildman–Crippen LogP) is 1.52. The van der Waals surface area contributed by atoms with Crippen LogP contribution in [0.5, 0.6) is 5.75 Å². The molecule has 4 nitrogen and oxygen atoms in total. The number of nitrogens with zero attached hydrogens (tertiary/aromatic N) is 1. The molecule has 0 aliphatic carbocycles. The van der Waals surface area contributed by atoms with Gasteiger partial charge in [-0.1, -0.05) is 25.1 Å². The molecule has 0 fully saturated rings. The van der Waals surface area contributed by atoms with Crippen LogP contribution in [0.15, 0.2) is 30.3 Å². The van der Waals surface area contributed by atoms with E-state index in [0.717, 1.165) is 18.8 Å². The van der Waals surface area contributed by atoms with E-state index in [1.54, 1.807) is 0 Å². The van der Waals surface area contributed by atoms with Gasteiger partial charge in [-0.05, 0) is 25.7 Å². The molecule has 100 valence electrons. The highest BCUT2D eigenvalue weighted by atomic mass is 16.5. The zero-order valence-corrected chi connectivity index (χ0v) is 11.2. The molecule has 4 heteroatoms. The van der Waals surface area contributed by atoms with Crippen LogP contribution in [0, 0.1) is 0 Å². The van der Waals surface area contributed by atoms with Gasteiger partial charge in [0.05, 0.1) is 6.54 Å². The molecule has 1 N–H and O–H groups in total. The predicted molar refractivity (Wildman–Crippen MR) is 72.7 cm³/mol. The average molecular weight is 250 g/mol. The first kappa shape index (κ1) is 14.5. The number of carbonyl (C=O) groups is 1. The van der Waals surface area contributed by atoms with Gasteiger partial charge in [0.2, 0.25) is 5.91 Å². The van der Waals surface area contributed by atoms with Gasteiger partial charge in [-0.15, -0.1) is 0 Å². The Hall–Kier alpha value is -1.55. The number of nitrogens with one attached hydrogen (secondary N) is 1. The van der Waals surface area contributed by atoms with E-state index in [0.29, 0.717) is 19.6 Å². The lowest BCUT2D eigenvalue weighted by molar-refractivity contribution is -0.121. The van der Waals surface area contributed by atoms with E-state index in [-0.39, 0.29) is 5.91 Å². The molecule has 0 saturated carbocycles. The number of benzene rings is 1. The first-order valence-electron chi connectivity index (χ1n) is 6.35. The Kier molecular flexibility index (Phi) is 6.87. The Morgan fingerprint density at radius 3 is 2.72 bits per heavy atom. The Bertz CT molecular complexity index is 341. The molecule has 0 bridgehead atoms. The van der Waals surface area contributed by atoms with E-state index in [1.165, 1.54) is 0 Å².